The fraction of sp³-hybridized carbons (Fsp3) is 0.471. The molecule has 0 radical (unpaired) electrons. The van der Waals surface area contributed by atoms with Gasteiger partial charge in [-0.05, 0) is 38.1 Å². The van der Waals surface area contributed by atoms with Gasteiger partial charge in [0.1, 0.15) is 5.75 Å². The molecule has 23 heavy (non-hydrogen) atoms. The number of benzene rings is 1. The lowest BCUT2D eigenvalue weighted by Gasteiger charge is -2.11. The van der Waals surface area contributed by atoms with E-state index in [1.54, 1.807) is 24.3 Å². The summed E-state index contributed by atoms with van der Waals surface area (Å²) in [6, 6.07) is 6.73. The van der Waals surface area contributed by atoms with Gasteiger partial charge in [0.15, 0.2) is 6.61 Å². The smallest absolute Gasteiger partial charge is 0.338 e. The van der Waals surface area contributed by atoms with Crippen LogP contribution in [0.4, 0.5) is 0 Å². The van der Waals surface area contributed by atoms with Crippen LogP contribution in [0.5, 0.6) is 5.75 Å². The maximum absolute atomic E-state index is 11.7. The molecule has 124 valence electrons. The van der Waals surface area contributed by atoms with Crippen LogP contribution in [-0.4, -0.2) is 22.3 Å². The molecule has 1 aromatic carbocycles. The summed E-state index contributed by atoms with van der Waals surface area (Å²) in [5.74, 6) is 1.25. The van der Waals surface area contributed by atoms with Gasteiger partial charge in [-0.2, -0.15) is 0 Å². The predicted octanol–water partition coefficient (Wildman–Crippen LogP) is 3.51. The molecule has 2 aromatic rings. The van der Waals surface area contributed by atoms with Crippen LogP contribution in [0.25, 0.3) is 0 Å². The van der Waals surface area contributed by atoms with Gasteiger partial charge < -0.3 is 13.9 Å². The monoisotopic (exact) mass is 318 g/mol. The third kappa shape index (κ3) is 4.81. The zero-order valence-corrected chi connectivity index (χ0v) is 14.1. The van der Waals surface area contributed by atoms with Crippen LogP contribution < -0.4 is 4.74 Å². The minimum atomic E-state index is -0.349. The number of nitrogens with zero attached hydrogens (tertiary/aromatic N) is 2. The lowest BCUT2D eigenvalue weighted by molar-refractivity contribution is 0.0378. The molecule has 0 aliphatic heterocycles. The van der Waals surface area contributed by atoms with E-state index in [1.807, 2.05) is 34.6 Å². The second-order valence-corrected chi connectivity index (χ2v) is 6.52. The van der Waals surface area contributed by atoms with Gasteiger partial charge in [-0.15, -0.1) is 10.2 Å². The van der Waals surface area contributed by atoms with Crippen LogP contribution in [0.2, 0.25) is 0 Å². The second-order valence-electron chi connectivity index (χ2n) is 6.52. The van der Waals surface area contributed by atoms with Gasteiger partial charge in [0.2, 0.25) is 5.89 Å². The SMILES string of the molecule is CC(C)OC(=O)c1ccc(OCc2nnc(C(C)(C)C)o2)cc1. The molecule has 1 aromatic heterocycles. The molecule has 2 rings (SSSR count). The third-order valence-corrected chi connectivity index (χ3v) is 2.90. The first-order chi connectivity index (χ1) is 10.8. The van der Waals surface area contributed by atoms with Crippen molar-refractivity contribution in [3.63, 3.8) is 0 Å². The largest absolute Gasteiger partial charge is 0.484 e. The molecule has 6 heteroatoms. The highest BCUT2D eigenvalue weighted by atomic mass is 16.5. The molecule has 0 bridgehead atoms. The average Bonchev–Trinajstić information content (AvgIpc) is 2.94. The highest BCUT2D eigenvalue weighted by Crippen LogP contribution is 2.21. The summed E-state index contributed by atoms with van der Waals surface area (Å²) in [6.45, 7) is 9.80. The molecule has 6 nitrogen and oxygen atoms in total. The molecule has 0 fully saturated rings. The van der Waals surface area contributed by atoms with Crippen LogP contribution in [0.15, 0.2) is 28.7 Å². The first-order valence-electron chi connectivity index (χ1n) is 7.52. The Morgan fingerprint density at radius 2 is 1.83 bits per heavy atom. The van der Waals surface area contributed by atoms with Crippen molar-refractivity contribution in [1.82, 2.24) is 10.2 Å². The Kier molecular flexibility index (Phi) is 5.03. The van der Waals surface area contributed by atoms with E-state index in [0.29, 0.717) is 23.1 Å². The standard InChI is InChI=1S/C17H22N2O4/c1-11(2)22-15(20)12-6-8-13(9-7-12)21-10-14-18-19-16(23-14)17(3,4)5/h6-9,11H,10H2,1-5H3. The molecule has 0 saturated heterocycles. The quantitative estimate of drug-likeness (QED) is 0.785. The van der Waals surface area contributed by atoms with Crippen LogP contribution >= 0.6 is 0 Å². The average molecular weight is 318 g/mol. The molecule has 0 spiro atoms. The summed E-state index contributed by atoms with van der Waals surface area (Å²) >= 11 is 0. The van der Waals surface area contributed by atoms with Crippen LogP contribution in [0.3, 0.4) is 0 Å². The van der Waals surface area contributed by atoms with Crippen molar-refractivity contribution in [1.29, 1.82) is 0 Å². The Balaban J connectivity index is 1.94. The molecule has 0 amide bonds. The van der Waals surface area contributed by atoms with E-state index in [4.69, 9.17) is 13.9 Å². The Hall–Kier alpha value is -2.37. The Labute approximate surface area is 135 Å². The van der Waals surface area contributed by atoms with E-state index in [2.05, 4.69) is 10.2 Å². The Morgan fingerprint density at radius 1 is 1.17 bits per heavy atom. The molecule has 0 N–H and O–H groups in total. The molecule has 0 unspecified atom stereocenters. The van der Waals surface area contributed by atoms with E-state index < -0.39 is 0 Å². The molecule has 0 aliphatic rings. The first-order valence-corrected chi connectivity index (χ1v) is 7.52. The van der Waals surface area contributed by atoms with E-state index in [1.165, 1.54) is 0 Å². The fourth-order valence-electron chi connectivity index (χ4n) is 1.73. The molecule has 1 heterocycles. The number of aromatic nitrogens is 2. The lowest BCUT2D eigenvalue weighted by atomic mass is 9.97. The number of rotatable bonds is 5. The predicted molar refractivity (Wildman–Crippen MR) is 84.3 cm³/mol. The highest BCUT2D eigenvalue weighted by molar-refractivity contribution is 5.89. The summed E-state index contributed by atoms with van der Waals surface area (Å²) in [5, 5.41) is 7.97. The topological polar surface area (TPSA) is 74.5 Å². The van der Waals surface area contributed by atoms with E-state index in [0.717, 1.165) is 0 Å². The lowest BCUT2D eigenvalue weighted by Crippen LogP contribution is -2.11. The summed E-state index contributed by atoms with van der Waals surface area (Å²) < 4.78 is 16.3. The van der Waals surface area contributed by atoms with Gasteiger partial charge in [-0.25, -0.2) is 4.79 Å². The van der Waals surface area contributed by atoms with Crippen LogP contribution in [0.1, 0.15) is 56.8 Å². The van der Waals surface area contributed by atoms with E-state index >= 15 is 0 Å². The number of hydrogen-bond acceptors (Lipinski definition) is 6. The minimum Gasteiger partial charge on any atom is -0.484 e. The third-order valence-electron chi connectivity index (χ3n) is 2.90. The maximum atomic E-state index is 11.7. The van der Waals surface area contributed by atoms with Crippen LogP contribution in [-0.2, 0) is 16.8 Å². The Morgan fingerprint density at radius 3 is 2.35 bits per heavy atom. The van der Waals surface area contributed by atoms with Gasteiger partial charge in [0, 0.05) is 5.41 Å². The minimum absolute atomic E-state index is 0.145. The van der Waals surface area contributed by atoms with Gasteiger partial charge in [0.25, 0.3) is 5.89 Å². The van der Waals surface area contributed by atoms with Gasteiger partial charge >= 0.3 is 5.97 Å². The molecule has 0 aliphatic carbocycles. The number of hydrogen-bond donors (Lipinski definition) is 0. The zero-order valence-electron chi connectivity index (χ0n) is 14.1. The molecule has 0 atom stereocenters. The summed E-state index contributed by atoms with van der Waals surface area (Å²) in [5.41, 5.74) is 0.294. The van der Waals surface area contributed by atoms with Gasteiger partial charge in [-0.1, -0.05) is 20.8 Å². The summed E-state index contributed by atoms with van der Waals surface area (Å²) in [4.78, 5) is 11.7. The van der Waals surface area contributed by atoms with Crippen LogP contribution in [0, 0.1) is 0 Å². The second kappa shape index (κ2) is 6.81. The molecule has 0 saturated carbocycles. The number of carbonyl (C=O) groups excluding carboxylic acids is 1. The van der Waals surface area contributed by atoms with Crippen molar-refractivity contribution in [2.24, 2.45) is 0 Å². The van der Waals surface area contributed by atoms with Crippen molar-refractivity contribution in [2.75, 3.05) is 0 Å². The number of ether oxygens (including phenoxy) is 2. The zero-order chi connectivity index (χ0) is 17.0. The van der Waals surface area contributed by atoms with E-state index in [9.17, 15) is 4.79 Å². The van der Waals surface area contributed by atoms with Gasteiger partial charge in [0.05, 0.1) is 11.7 Å². The number of esters is 1. The summed E-state index contributed by atoms with van der Waals surface area (Å²) in [7, 11) is 0. The van der Waals surface area contributed by atoms with Crippen molar-refractivity contribution in [3.05, 3.63) is 41.6 Å². The Bertz CT molecular complexity index is 654. The molecular formula is C17H22N2O4. The fourth-order valence-corrected chi connectivity index (χ4v) is 1.73. The first kappa shape index (κ1) is 17.0. The normalized spacial score (nSPS) is 11.6. The maximum Gasteiger partial charge on any atom is 0.338 e. The molecular weight excluding hydrogens is 296 g/mol. The number of carbonyl (C=O) groups is 1. The van der Waals surface area contributed by atoms with Crippen molar-refractivity contribution in [3.8, 4) is 5.75 Å². The highest BCUT2D eigenvalue weighted by Gasteiger charge is 2.21. The van der Waals surface area contributed by atoms with Crippen molar-refractivity contribution < 1.29 is 18.7 Å². The summed E-state index contributed by atoms with van der Waals surface area (Å²) in [6.07, 6.45) is -0.145. The van der Waals surface area contributed by atoms with Gasteiger partial charge in [-0.3, -0.25) is 0 Å². The van der Waals surface area contributed by atoms with Crippen molar-refractivity contribution >= 4 is 5.97 Å². The van der Waals surface area contributed by atoms with E-state index in [-0.39, 0.29) is 24.1 Å². The van der Waals surface area contributed by atoms with Crippen molar-refractivity contribution in [2.45, 2.75) is 52.7 Å².